The van der Waals surface area contributed by atoms with E-state index in [0.29, 0.717) is 11.4 Å². The van der Waals surface area contributed by atoms with Crippen molar-refractivity contribution >= 4 is 11.9 Å². The van der Waals surface area contributed by atoms with Crippen LogP contribution in [0.25, 0.3) is 0 Å². The quantitative estimate of drug-likeness (QED) is 0.787. The number of aliphatic carboxylic acids is 2. The van der Waals surface area contributed by atoms with Crippen molar-refractivity contribution in [1.82, 2.24) is 5.32 Å². The highest BCUT2D eigenvalue weighted by atomic mass is 19.1. The Hall–Kier alpha value is -2.83. The van der Waals surface area contributed by atoms with Crippen LogP contribution in [0.4, 0.5) is 4.39 Å². The van der Waals surface area contributed by atoms with Crippen LogP contribution in [0.5, 0.6) is 5.75 Å². The first-order chi connectivity index (χ1) is 10.8. The molecule has 1 heterocycles. The number of rotatable bonds is 4. The third-order valence-corrected chi connectivity index (χ3v) is 3.73. The van der Waals surface area contributed by atoms with E-state index in [0.717, 1.165) is 6.07 Å². The van der Waals surface area contributed by atoms with E-state index in [4.69, 9.17) is 4.74 Å². The number of allylic oxidation sites excluding steroid dienone is 2. The standard InChI is InChI=1S/C16H16FNO5/c1-7-12(15(19)20)14(13(16(21)22)8(2)18-7)9-4-5-11(23-3)10(17)6-9/h4-6,14,18H,1-3H3,(H,19,20)(H,21,22). The molecule has 0 fully saturated rings. The van der Waals surface area contributed by atoms with E-state index in [2.05, 4.69) is 5.32 Å². The molecule has 1 aromatic carbocycles. The molecule has 0 aliphatic carbocycles. The summed E-state index contributed by atoms with van der Waals surface area (Å²) in [6.45, 7) is 3.08. The minimum absolute atomic E-state index is 0.00200. The Labute approximate surface area is 131 Å². The van der Waals surface area contributed by atoms with Gasteiger partial charge in [-0.1, -0.05) is 6.07 Å². The van der Waals surface area contributed by atoms with Gasteiger partial charge >= 0.3 is 11.9 Å². The fraction of sp³-hybridized carbons (Fsp3) is 0.250. The summed E-state index contributed by atoms with van der Waals surface area (Å²) in [4.78, 5) is 23.2. The van der Waals surface area contributed by atoms with Gasteiger partial charge in [0.25, 0.3) is 0 Å². The van der Waals surface area contributed by atoms with E-state index >= 15 is 0 Å². The van der Waals surface area contributed by atoms with Crippen molar-refractivity contribution in [2.75, 3.05) is 7.11 Å². The van der Waals surface area contributed by atoms with Crippen LogP contribution in [0.1, 0.15) is 25.3 Å². The van der Waals surface area contributed by atoms with Crippen molar-refractivity contribution in [2.24, 2.45) is 0 Å². The molecule has 6 nitrogen and oxygen atoms in total. The number of hydrogen-bond donors (Lipinski definition) is 3. The van der Waals surface area contributed by atoms with Crippen molar-refractivity contribution in [1.29, 1.82) is 0 Å². The summed E-state index contributed by atoms with van der Waals surface area (Å²) in [5.41, 5.74) is 0.621. The van der Waals surface area contributed by atoms with Crippen molar-refractivity contribution in [3.63, 3.8) is 0 Å². The minimum Gasteiger partial charge on any atom is -0.494 e. The van der Waals surface area contributed by atoms with Crippen molar-refractivity contribution in [3.05, 3.63) is 52.1 Å². The first-order valence-corrected chi connectivity index (χ1v) is 6.76. The predicted octanol–water partition coefficient (Wildman–Crippen LogP) is 2.24. The molecule has 0 saturated carbocycles. The summed E-state index contributed by atoms with van der Waals surface area (Å²) in [5, 5.41) is 21.7. The fourth-order valence-electron chi connectivity index (χ4n) is 2.76. The van der Waals surface area contributed by atoms with Crippen molar-refractivity contribution < 1.29 is 28.9 Å². The summed E-state index contributed by atoms with van der Waals surface area (Å²) < 4.78 is 18.8. The van der Waals surface area contributed by atoms with E-state index in [9.17, 15) is 24.2 Å². The maximum Gasteiger partial charge on any atom is 0.334 e. The van der Waals surface area contributed by atoms with Gasteiger partial charge in [0.2, 0.25) is 0 Å². The average molecular weight is 321 g/mol. The highest BCUT2D eigenvalue weighted by Crippen LogP contribution is 2.39. The number of dihydropyridines is 1. The summed E-state index contributed by atoms with van der Waals surface area (Å²) >= 11 is 0. The van der Waals surface area contributed by atoms with Gasteiger partial charge in [0.1, 0.15) is 0 Å². The number of benzene rings is 1. The van der Waals surface area contributed by atoms with Crippen LogP contribution in [0.15, 0.2) is 40.7 Å². The number of hydrogen-bond acceptors (Lipinski definition) is 4. The molecule has 0 atom stereocenters. The van der Waals surface area contributed by atoms with Crippen molar-refractivity contribution in [2.45, 2.75) is 19.8 Å². The second-order valence-electron chi connectivity index (χ2n) is 5.14. The summed E-state index contributed by atoms with van der Waals surface area (Å²) in [6.07, 6.45) is 0. The van der Waals surface area contributed by atoms with Crippen molar-refractivity contribution in [3.8, 4) is 5.75 Å². The van der Waals surface area contributed by atoms with Gasteiger partial charge in [-0.15, -0.1) is 0 Å². The predicted molar refractivity (Wildman–Crippen MR) is 79.5 cm³/mol. The van der Waals surface area contributed by atoms with E-state index in [1.807, 2.05) is 0 Å². The van der Waals surface area contributed by atoms with Gasteiger partial charge in [-0.05, 0) is 31.5 Å². The molecule has 1 aromatic rings. The first kappa shape index (κ1) is 16.5. The Morgan fingerprint density at radius 3 is 2.04 bits per heavy atom. The molecule has 2 rings (SSSR count). The Morgan fingerprint density at radius 1 is 1.13 bits per heavy atom. The van der Waals surface area contributed by atoms with E-state index in [1.54, 1.807) is 13.8 Å². The van der Waals surface area contributed by atoms with Crippen LogP contribution in [-0.4, -0.2) is 29.3 Å². The Balaban J connectivity index is 2.69. The molecule has 0 unspecified atom stereocenters. The molecule has 7 heteroatoms. The second kappa shape index (κ2) is 6.12. The molecule has 1 aliphatic rings. The summed E-state index contributed by atoms with van der Waals surface area (Å²) in [7, 11) is 1.31. The SMILES string of the molecule is COc1ccc(C2C(C(=O)O)=C(C)NC(C)=C2C(=O)O)cc1F. The molecule has 0 spiro atoms. The largest absolute Gasteiger partial charge is 0.494 e. The zero-order valence-corrected chi connectivity index (χ0v) is 12.8. The van der Waals surface area contributed by atoms with Crippen LogP contribution in [0.3, 0.4) is 0 Å². The first-order valence-electron chi connectivity index (χ1n) is 6.76. The Kier molecular flexibility index (Phi) is 4.40. The molecular formula is C16H16FNO5. The lowest BCUT2D eigenvalue weighted by Crippen LogP contribution is -2.31. The highest BCUT2D eigenvalue weighted by Gasteiger charge is 2.36. The number of nitrogens with one attached hydrogen (secondary N) is 1. The second-order valence-corrected chi connectivity index (χ2v) is 5.14. The Morgan fingerprint density at radius 2 is 1.65 bits per heavy atom. The van der Waals surface area contributed by atoms with Crippen LogP contribution < -0.4 is 10.1 Å². The minimum atomic E-state index is -1.26. The number of ether oxygens (including phenoxy) is 1. The molecule has 1 aliphatic heterocycles. The number of carbonyl (C=O) groups is 2. The van der Waals surface area contributed by atoms with Gasteiger partial charge < -0.3 is 20.3 Å². The third kappa shape index (κ3) is 2.90. The lowest BCUT2D eigenvalue weighted by atomic mass is 9.80. The van der Waals surface area contributed by atoms with Gasteiger partial charge in [0.05, 0.1) is 24.2 Å². The maximum atomic E-state index is 14.0. The molecule has 122 valence electrons. The van der Waals surface area contributed by atoms with Gasteiger partial charge in [0.15, 0.2) is 11.6 Å². The zero-order valence-electron chi connectivity index (χ0n) is 12.8. The normalized spacial score (nSPS) is 15.5. The van der Waals surface area contributed by atoms with Gasteiger partial charge in [0, 0.05) is 11.4 Å². The molecule has 23 heavy (non-hydrogen) atoms. The number of carboxylic acids is 2. The molecule has 0 saturated heterocycles. The van der Waals surface area contributed by atoms with Crippen LogP contribution in [0.2, 0.25) is 0 Å². The van der Waals surface area contributed by atoms with E-state index in [-0.39, 0.29) is 22.5 Å². The highest BCUT2D eigenvalue weighted by molar-refractivity contribution is 5.98. The summed E-state index contributed by atoms with van der Waals surface area (Å²) in [5.74, 6) is -4.29. The van der Waals surface area contributed by atoms with Crippen LogP contribution in [0, 0.1) is 5.82 Å². The van der Waals surface area contributed by atoms with Gasteiger partial charge in [-0.3, -0.25) is 0 Å². The lowest BCUT2D eigenvalue weighted by molar-refractivity contribution is -0.133. The molecule has 0 amide bonds. The molecule has 3 N–H and O–H groups in total. The van der Waals surface area contributed by atoms with Crippen LogP contribution >= 0.6 is 0 Å². The average Bonchev–Trinajstić information content (AvgIpc) is 2.45. The Bertz CT molecular complexity index is 715. The summed E-state index contributed by atoms with van der Waals surface area (Å²) in [6, 6.07) is 3.90. The zero-order chi connectivity index (χ0) is 17.3. The molecular weight excluding hydrogens is 305 g/mol. The lowest BCUT2D eigenvalue weighted by Gasteiger charge is -2.28. The van der Waals surface area contributed by atoms with Gasteiger partial charge in [-0.25, -0.2) is 14.0 Å². The number of carboxylic acid groups (broad SMARTS) is 2. The van der Waals surface area contributed by atoms with E-state index < -0.39 is 23.7 Å². The smallest absolute Gasteiger partial charge is 0.334 e. The van der Waals surface area contributed by atoms with Gasteiger partial charge in [-0.2, -0.15) is 0 Å². The topological polar surface area (TPSA) is 95.9 Å². The number of halogens is 1. The molecule has 0 aromatic heterocycles. The molecule has 0 radical (unpaired) electrons. The molecule has 0 bridgehead atoms. The van der Waals surface area contributed by atoms with Crippen LogP contribution in [-0.2, 0) is 9.59 Å². The third-order valence-electron chi connectivity index (χ3n) is 3.73. The fourth-order valence-corrected chi connectivity index (χ4v) is 2.76. The monoisotopic (exact) mass is 321 g/mol. The maximum absolute atomic E-state index is 14.0. The van der Waals surface area contributed by atoms with E-state index in [1.165, 1.54) is 19.2 Å². The number of methoxy groups -OCH3 is 1.